The number of carbonyl (C=O) groups is 1. The monoisotopic (exact) mass is 310 g/mol. The average Bonchev–Trinajstić information content (AvgIpc) is 2.13. The fraction of sp³-hybridized carbons (Fsp3) is 0.909. The number of esters is 1. The number of alkyl halides is 1. The van der Waals surface area contributed by atoms with Crippen LogP contribution in [0.1, 0.15) is 13.8 Å². The molecular formula is C11H23BrO3Si. The number of hydrogen-bond acceptors (Lipinski definition) is 3. The van der Waals surface area contributed by atoms with Gasteiger partial charge in [-0.25, -0.2) is 0 Å². The van der Waals surface area contributed by atoms with Crippen molar-refractivity contribution in [2.75, 3.05) is 6.61 Å². The number of rotatable bonds is 6. The van der Waals surface area contributed by atoms with Crippen LogP contribution >= 0.6 is 15.9 Å². The predicted octanol–water partition coefficient (Wildman–Crippen LogP) is 2.65. The van der Waals surface area contributed by atoms with E-state index in [0.29, 0.717) is 6.61 Å². The summed E-state index contributed by atoms with van der Waals surface area (Å²) in [4.78, 5) is 10.9. The summed E-state index contributed by atoms with van der Waals surface area (Å²) in [6, 6.07) is 0.955. The highest BCUT2D eigenvalue weighted by atomic mass is 79.9. The highest BCUT2D eigenvalue weighted by molar-refractivity contribution is 9.10. The molecule has 3 nitrogen and oxygen atoms in total. The maximum Gasteiger partial charge on any atom is 0.322 e. The van der Waals surface area contributed by atoms with Gasteiger partial charge in [-0.1, -0.05) is 49.4 Å². The number of aliphatic hydroxyl groups is 1. The molecule has 0 aromatic heterocycles. The molecule has 0 rings (SSSR count). The molecule has 1 N–H and O–H groups in total. The molecule has 0 spiro atoms. The molecule has 0 heterocycles. The van der Waals surface area contributed by atoms with E-state index in [1.165, 1.54) is 0 Å². The first-order chi connectivity index (χ1) is 7.15. The molecule has 0 aromatic carbocycles. The van der Waals surface area contributed by atoms with E-state index in [4.69, 9.17) is 4.74 Å². The van der Waals surface area contributed by atoms with Gasteiger partial charge in [0, 0.05) is 8.07 Å². The van der Waals surface area contributed by atoms with Gasteiger partial charge in [0.2, 0.25) is 0 Å². The van der Waals surface area contributed by atoms with E-state index in [-0.39, 0.29) is 11.9 Å². The van der Waals surface area contributed by atoms with Crippen molar-refractivity contribution in [1.82, 2.24) is 0 Å². The lowest BCUT2D eigenvalue weighted by Crippen LogP contribution is -2.35. The van der Waals surface area contributed by atoms with Crippen molar-refractivity contribution in [3.63, 3.8) is 0 Å². The molecule has 0 amide bonds. The normalized spacial score (nSPS) is 16.0. The van der Waals surface area contributed by atoms with Crippen molar-refractivity contribution in [3.05, 3.63) is 0 Å². The zero-order valence-electron chi connectivity index (χ0n) is 10.8. The summed E-state index contributed by atoms with van der Waals surface area (Å²) in [7, 11) is -1.16. The molecule has 0 aliphatic heterocycles. The SMILES string of the molecule is CC(C)[C@H](O)[C@@H](Br)C(=O)OCC[Si](C)(C)C. The molecule has 5 heteroatoms. The number of carbonyl (C=O) groups excluding carboxylic acids is 1. The van der Waals surface area contributed by atoms with Gasteiger partial charge in [-0.3, -0.25) is 4.79 Å². The van der Waals surface area contributed by atoms with Crippen LogP contribution in [0.15, 0.2) is 0 Å². The van der Waals surface area contributed by atoms with Gasteiger partial charge in [0.05, 0.1) is 12.7 Å². The van der Waals surface area contributed by atoms with Crippen LogP contribution in [0.3, 0.4) is 0 Å². The van der Waals surface area contributed by atoms with Crippen molar-refractivity contribution in [2.45, 2.75) is 50.5 Å². The van der Waals surface area contributed by atoms with Crippen LogP contribution < -0.4 is 0 Å². The minimum Gasteiger partial charge on any atom is -0.465 e. The summed E-state index contributed by atoms with van der Waals surface area (Å²) in [5, 5.41) is 9.69. The van der Waals surface area contributed by atoms with E-state index in [2.05, 4.69) is 35.6 Å². The van der Waals surface area contributed by atoms with Crippen LogP contribution in [-0.2, 0) is 9.53 Å². The molecule has 0 unspecified atom stereocenters. The molecule has 0 saturated carbocycles. The lowest BCUT2D eigenvalue weighted by atomic mass is 10.0. The highest BCUT2D eigenvalue weighted by Crippen LogP contribution is 2.16. The first-order valence-corrected chi connectivity index (χ1v) is 10.3. The standard InChI is InChI=1S/C11H23BrO3Si/c1-8(2)10(13)9(12)11(14)15-6-7-16(3,4)5/h8-10,13H,6-7H2,1-5H3/t9-,10+/m1/s1. The maximum absolute atomic E-state index is 11.6. The third-order valence-electron chi connectivity index (χ3n) is 2.30. The molecular weight excluding hydrogens is 288 g/mol. The Labute approximate surface area is 108 Å². The molecule has 16 heavy (non-hydrogen) atoms. The number of aliphatic hydroxyl groups excluding tert-OH is 1. The fourth-order valence-electron chi connectivity index (χ4n) is 1.01. The number of hydrogen-bond donors (Lipinski definition) is 1. The first kappa shape index (κ1) is 16.1. The smallest absolute Gasteiger partial charge is 0.322 e. The van der Waals surface area contributed by atoms with Crippen LogP contribution in [0.2, 0.25) is 25.7 Å². The topological polar surface area (TPSA) is 46.5 Å². The van der Waals surface area contributed by atoms with E-state index in [1.807, 2.05) is 13.8 Å². The molecule has 0 bridgehead atoms. The average molecular weight is 311 g/mol. The Balaban J connectivity index is 3.98. The van der Waals surface area contributed by atoms with E-state index in [0.717, 1.165) is 6.04 Å². The van der Waals surface area contributed by atoms with Gasteiger partial charge in [-0.2, -0.15) is 0 Å². The van der Waals surface area contributed by atoms with E-state index < -0.39 is 19.0 Å². The Bertz CT molecular complexity index is 226. The summed E-state index contributed by atoms with van der Waals surface area (Å²) in [5.41, 5.74) is 0. The van der Waals surface area contributed by atoms with Crippen molar-refractivity contribution in [1.29, 1.82) is 0 Å². The van der Waals surface area contributed by atoms with Gasteiger partial charge >= 0.3 is 5.97 Å². The second-order valence-corrected chi connectivity index (χ2v) is 12.2. The molecule has 0 aliphatic carbocycles. The third-order valence-corrected chi connectivity index (χ3v) is 4.92. The molecule has 2 atom stereocenters. The van der Waals surface area contributed by atoms with Crippen LogP contribution in [0.25, 0.3) is 0 Å². The summed E-state index contributed by atoms with van der Waals surface area (Å²) in [5.74, 6) is -0.326. The van der Waals surface area contributed by atoms with Gasteiger partial charge in [0.1, 0.15) is 4.83 Å². The van der Waals surface area contributed by atoms with E-state index in [1.54, 1.807) is 0 Å². The summed E-state index contributed by atoms with van der Waals surface area (Å²) in [6.45, 7) is 10.9. The fourth-order valence-corrected chi connectivity index (χ4v) is 2.47. The zero-order valence-corrected chi connectivity index (χ0v) is 13.4. The van der Waals surface area contributed by atoms with Gasteiger partial charge in [0.25, 0.3) is 0 Å². The van der Waals surface area contributed by atoms with E-state index >= 15 is 0 Å². The molecule has 0 radical (unpaired) electrons. The number of halogens is 1. The highest BCUT2D eigenvalue weighted by Gasteiger charge is 2.28. The lowest BCUT2D eigenvalue weighted by molar-refractivity contribution is -0.144. The molecule has 0 fully saturated rings. The van der Waals surface area contributed by atoms with Crippen LogP contribution in [0.5, 0.6) is 0 Å². The van der Waals surface area contributed by atoms with Crippen LogP contribution in [-0.4, -0.2) is 36.7 Å². The van der Waals surface area contributed by atoms with Crippen molar-refractivity contribution in [2.24, 2.45) is 5.92 Å². The van der Waals surface area contributed by atoms with Gasteiger partial charge in [-0.15, -0.1) is 0 Å². The Hall–Kier alpha value is 0.127. The first-order valence-electron chi connectivity index (χ1n) is 5.64. The Morgan fingerprint density at radius 1 is 1.38 bits per heavy atom. The maximum atomic E-state index is 11.6. The third kappa shape index (κ3) is 6.65. The molecule has 0 aliphatic rings. The van der Waals surface area contributed by atoms with Crippen LogP contribution in [0, 0.1) is 5.92 Å². The van der Waals surface area contributed by atoms with Crippen molar-refractivity contribution >= 4 is 30.0 Å². The van der Waals surface area contributed by atoms with Crippen LogP contribution in [0.4, 0.5) is 0 Å². The van der Waals surface area contributed by atoms with Gasteiger partial charge in [0.15, 0.2) is 0 Å². The summed E-state index contributed by atoms with van der Waals surface area (Å²) >= 11 is 3.18. The van der Waals surface area contributed by atoms with Crippen molar-refractivity contribution < 1.29 is 14.6 Å². The number of ether oxygens (including phenoxy) is 1. The summed E-state index contributed by atoms with van der Waals surface area (Å²) < 4.78 is 5.14. The van der Waals surface area contributed by atoms with E-state index in [9.17, 15) is 9.90 Å². The quantitative estimate of drug-likeness (QED) is 0.466. The second-order valence-electron chi connectivity index (χ2n) is 5.61. The molecule has 96 valence electrons. The Morgan fingerprint density at radius 2 is 1.88 bits per heavy atom. The van der Waals surface area contributed by atoms with Gasteiger partial charge in [-0.05, 0) is 12.0 Å². The summed E-state index contributed by atoms with van der Waals surface area (Å²) in [6.07, 6.45) is -0.695. The second kappa shape index (κ2) is 6.76. The Kier molecular flexibility index (Phi) is 6.82. The largest absolute Gasteiger partial charge is 0.465 e. The van der Waals surface area contributed by atoms with Crippen molar-refractivity contribution in [3.8, 4) is 0 Å². The lowest BCUT2D eigenvalue weighted by Gasteiger charge is -2.20. The molecule has 0 saturated heterocycles. The zero-order chi connectivity index (χ0) is 12.9. The predicted molar refractivity (Wildman–Crippen MR) is 72.7 cm³/mol. The van der Waals surface area contributed by atoms with Gasteiger partial charge < -0.3 is 9.84 Å². The minimum atomic E-state index is -1.16. The minimum absolute atomic E-state index is 0.0360. The molecule has 0 aromatic rings. The Morgan fingerprint density at radius 3 is 2.25 bits per heavy atom.